The third kappa shape index (κ3) is 2.83. The van der Waals surface area contributed by atoms with E-state index in [1.165, 1.54) is 0 Å². The fourth-order valence-corrected chi connectivity index (χ4v) is 2.14. The fourth-order valence-electron chi connectivity index (χ4n) is 2.14. The summed E-state index contributed by atoms with van der Waals surface area (Å²) in [5.74, 6) is -0.226. The number of nitrogens with zero attached hydrogens (tertiary/aromatic N) is 1. The number of rotatable bonds is 0. The highest BCUT2D eigenvalue weighted by Crippen LogP contribution is 2.26. The summed E-state index contributed by atoms with van der Waals surface area (Å²) >= 11 is 0. The molecule has 0 atom stereocenters. The average Bonchev–Trinajstić information content (AvgIpc) is 2.82. The molecule has 18 heavy (non-hydrogen) atoms. The summed E-state index contributed by atoms with van der Waals surface area (Å²) in [6.45, 7) is 7.09. The van der Waals surface area contributed by atoms with Crippen molar-refractivity contribution in [3.05, 3.63) is 11.1 Å². The second-order valence-electron chi connectivity index (χ2n) is 5.62. The highest BCUT2D eigenvalue weighted by atomic mass is 16.6. The maximum absolute atomic E-state index is 11.9. The molecule has 0 aliphatic carbocycles. The molecule has 0 aromatic carbocycles. The Morgan fingerprint density at radius 3 is 2.61 bits per heavy atom. The predicted molar refractivity (Wildman–Crippen MR) is 65.0 cm³/mol. The van der Waals surface area contributed by atoms with Gasteiger partial charge in [0.1, 0.15) is 5.60 Å². The summed E-state index contributed by atoms with van der Waals surface area (Å²) in [5, 5.41) is 0. The van der Waals surface area contributed by atoms with E-state index in [1.807, 2.05) is 20.8 Å². The molecule has 0 saturated carbocycles. The highest BCUT2D eigenvalue weighted by Gasteiger charge is 2.31. The molecule has 5 nitrogen and oxygen atoms in total. The minimum absolute atomic E-state index is 0.226. The summed E-state index contributed by atoms with van der Waals surface area (Å²) in [6.07, 6.45) is 1.09. The first-order valence-corrected chi connectivity index (χ1v) is 6.23. The molecule has 2 rings (SSSR count). The molecule has 1 amide bonds. The van der Waals surface area contributed by atoms with Crippen LogP contribution in [0.5, 0.6) is 0 Å². The maximum Gasteiger partial charge on any atom is 0.410 e. The Bertz CT molecular complexity index is 406. The molecule has 2 fully saturated rings. The van der Waals surface area contributed by atoms with Gasteiger partial charge in [-0.05, 0) is 32.8 Å². The lowest BCUT2D eigenvalue weighted by Gasteiger charge is -2.24. The molecular weight excluding hydrogens is 234 g/mol. The first-order valence-electron chi connectivity index (χ1n) is 6.23. The third-order valence-electron chi connectivity index (χ3n) is 2.98. The topological polar surface area (TPSA) is 55.8 Å². The Kier molecular flexibility index (Phi) is 3.32. The quantitative estimate of drug-likeness (QED) is 0.488. The van der Waals surface area contributed by atoms with Crippen LogP contribution in [0.2, 0.25) is 0 Å². The van der Waals surface area contributed by atoms with Crippen molar-refractivity contribution in [3.8, 4) is 0 Å². The first kappa shape index (κ1) is 12.9. The highest BCUT2D eigenvalue weighted by molar-refractivity contribution is 5.91. The third-order valence-corrected chi connectivity index (χ3v) is 2.98. The van der Waals surface area contributed by atoms with Gasteiger partial charge < -0.3 is 14.4 Å². The fraction of sp³-hybridized carbons (Fsp3) is 0.692. The number of cyclic esters (lactones) is 1. The van der Waals surface area contributed by atoms with Crippen LogP contribution in [0.25, 0.3) is 0 Å². The standard InChI is InChI=1S/C13H19NO4/c1-13(2,3)18-12(16)14-6-4-9(8-14)10-5-7-17-11(10)15/h4-8H2,1-3H3. The second kappa shape index (κ2) is 4.63. The van der Waals surface area contributed by atoms with E-state index in [1.54, 1.807) is 4.90 Å². The SMILES string of the molecule is CC(C)(C)OC(=O)N1CCC(=C2CCOC2=O)C1. The Morgan fingerprint density at radius 1 is 1.33 bits per heavy atom. The Balaban J connectivity index is 2.00. The van der Waals surface area contributed by atoms with Crippen LogP contribution >= 0.6 is 0 Å². The predicted octanol–water partition coefficient (Wildman–Crippen LogP) is 1.87. The van der Waals surface area contributed by atoms with E-state index in [2.05, 4.69) is 0 Å². The number of amides is 1. The van der Waals surface area contributed by atoms with Crippen molar-refractivity contribution in [3.63, 3.8) is 0 Å². The van der Waals surface area contributed by atoms with Gasteiger partial charge in [0.05, 0.1) is 6.61 Å². The van der Waals surface area contributed by atoms with E-state index in [4.69, 9.17) is 9.47 Å². The number of esters is 1. The molecule has 0 unspecified atom stereocenters. The largest absolute Gasteiger partial charge is 0.462 e. The van der Waals surface area contributed by atoms with Gasteiger partial charge in [-0.3, -0.25) is 0 Å². The van der Waals surface area contributed by atoms with Crippen LogP contribution in [0.15, 0.2) is 11.1 Å². The number of hydrogen-bond acceptors (Lipinski definition) is 4. The molecule has 0 bridgehead atoms. The van der Waals surface area contributed by atoms with Gasteiger partial charge in [0.25, 0.3) is 0 Å². The monoisotopic (exact) mass is 253 g/mol. The lowest BCUT2D eigenvalue weighted by molar-refractivity contribution is -0.135. The summed E-state index contributed by atoms with van der Waals surface area (Å²) < 4.78 is 10.2. The lowest BCUT2D eigenvalue weighted by Crippen LogP contribution is -2.34. The number of carbonyl (C=O) groups excluding carboxylic acids is 2. The van der Waals surface area contributed by atoms with Gasteiger partial charge in [-0.25, -0.2) is 9.59 Å². The van der Waals surface area contributed by atoms with Crippen molar-refractivity contribution in [1.29, 1.82) is 0 Å². The number of likely N-dealkylation sites (tertiary alicyclic amines) is 1. The molecular formula is C13H19NO4. The molecule has 100 valence electrons. The lowest BCUT2D eigenvalue weighted by atomic mass is 10.1. The normalized spacial score (nSPS) is 24.4. The zero-order valence-electron chi connectivity index (χ0n) is 11.1. The van der Waals surface area contributed by atoms with Crippen molar-refractivity contribution in [2.75, 3.05) is 19.7 Å². The molecule has 2 aliphatic heterocycles. The zero-order chi connectivity index (χ0) is 13.3. The van der Waals surface area contributed by atoms with Crippen molar-refractivity contribution in [1.82, 2.24) is 4.90 Å². The van der Waals surface area contributed by atoms with Crippen molar-refractivity contribution >= 4 is 12.1 Å². The van der Waals surface area contributed by atoms with E-state index in [9.17, 15) is 9.59 Å². The van der Waals surface area contributed by atoms with Crippen LogP contribution in [0.4, 0.5) is 4.79 Å². The zero-order valence-corrected chi connectivity index (χ0v) is 11.1. The minimum atomic E-state index is -0.487. The maximum atomic E-state index is 11.9. The van der Waals surface area contributed by atoms with E-state index in [-0.39, 0.29) is 12.1 Å². The molecule has 2 saturated heterocycles. The molecule has 2 aliphatic rings. The van der Waals surface area contributed by atoms with Crippen LogP contribution < -0.4 is 0 Å². The van der Waals surface area contributed by atoms with E-state index in [0.29, 0.717) is 26.1 Å². The molecule has 0 radical (unpaired) electrons. The van der Waals surface area contributed by atoms with Gasteiger partial charge in [0.2, 0.25) is 0 Å². The van der Waals surface area contributed by atoms with E-state index < -0.39 is 5.60 Å². The molecule has 0 spiro atoms. The second-order valence-corrected chi connectivity index (χ2v) is 5.62. The van der Waals surface area contributed by atoms with Gasteiger partial charge in [0.15, 0.2) is 0 Å². The first-order chi connectivity index (χ1) is 8.37. The smallest absolute Gasteiger partial charge is 0.410 e. The van der Waals surface area contributed by atoms with E-state index in [0.717, 1.165) is 17.6 Å². The Morgan fingerprint density at radius 2 is 2.06 bits per heavy atom. The van der Waals surface area contributed by atoms with E-state index >= 15 is 0 Å². The molecule has 5 heteroatoms. The van der Waals surface area contributed by atoms with Crippen molar-refractivity contribution in [2.24, 2.45) is 0 Å². The Labute approximate surface area is 107 Å². The van der Waals surface area contributed by atoms with Gasteiger partial charge >= 0.3 is 12.1 Å². The summed E-state index contributed by atoms with van der Waals surface area (Å²) in [7, 11) is 0. The van der Waals surface area contributed by atoms with Crippen LogP contribution in [0.1, 0.15) is 33.6 Å². The summed E-state index contributed by atoms with van der Waals surface area (Å²) in [4.78, 5) is 25.0. The molecule has 0 N–H and O–H groups in total. The van der Waals surface area contributed by atoms with Crippen molar-refractivity contribution < 1.29 is 19.1 Å². The van der Waals surface area contributed by atoms with Gasteiger partial charge in [-0.15, -0.1) is 0 Å². The Hall–Kier alpha value is -1.52. The molecule has 2 heterocycles. The van der Waals surface area contributed by atoms with Gasteiger partial charge in [-0.1, -0.05) is 0 Å². The van der Waals surface area contributed by atoms with Crippen LogP contribution in [-0.2, 0) is 14.3 Å². The van der Waals surface area contributed by atoms with Crippen molar-refractivity contribution in [2.45, 2.75) is 39.2 Å². The van der Waals surface area contributed by atoms with Crippen LogP contribution in [0.3, 0.4) is 0 Å². The van der Waals surface area contributed by atoms with Gasteiger partial charge in [-0.2, -0.15) is 0 Å². The molecule has 0 aromatic rings. The summed E-state index contributed by atoms with van der Waals surface area (Å²) in [5.41, 5.74) is 1.28. The average molecular weight is 253 g/mol. The number of carbonyl (C=O) groups is 2. The van der Waals surface area contributed by atoms with Gasteiger partial charge in [0, 0.05) is 25.1 Å². The number of hydrogen-bond donors (Lipinski definition) is 0. The van der Waals surface area contributed by atoms with Crippen LogP contribution in [-0.4, -0.2) is 42.3 Å². The summed E-state index contributed by atoms with van der Waals surface area (Å²) in [6, 6.07) is 0. The molecule has 0 aromatic heterocycles. The van der Waals surface area contributed by atoms with Crippen LogP contribution in [0, 0.1) is 0 Å². The minimum Gasteiger partial charge on any atom is -0.462 e. The number of ether oxygens (including phenoxy) is 2.